The highest BCUT2D eigenvalue weighted by Crippen LogP contribution is 2.45. The van der Waals surface area contributed by atoms with Crippen LogP contribution in [0, 0.1) is 0 Å². The highest BCUT2D eigenvalue weighted by atomic mass is 14.2. The Morgan fingerprint density at radius 2 is 1.02 bits per heavy atom. The van der Waals surface area contributed by atoms with Gasteiger partial charge in [0.2, 0.25) is 0 Å². The summed E-state index contributed by atoms with van der Waals surface area (Å²) in [7, 11) is 0. The Balaban J connectivity index is 1.30. The molecule has 7 aromatic carbocycles. The molecule has 0 radical (unpaired) electrons. The van der Waals surface area contributed by atoms with E-state index in [9.17, 15) is 0 Å². The molecule has 0 spiro atoms. The van der Waals surface area contributed by atoms with E-state index in [1.54, 1.807) is 0 Å². The van der Waals surface area contributed by atoms with Gasteiger partial charge in [-0.1, -0.05) is 152 Å². The zero-order valence-electron chi connectivity index (χ0n) is 22.2. The molecule has 1 atom stereocenters. The normalized spacial score (nSPS) is 15.2. The third-order valence-electron chi connectivity index (χ3n) is 8.58. The summed E-state index contributed by atoms with van der Waals surface area (Å²) in [6, 6.07) is 48.9. The first-order valence-corrected chi connectivity index (χ1v) is 14.1. The monoisotopic (exact) mass is 508 g/mol. The molecule has 0 fully saturated rings. The second-order valence-corrected chi connectivity index (χ2v) is 10.8. The molecular formula is C40H28. The van der Waals surface area contributed by atoms with Crippen molar-refractivity contribution < 1.29 is 0 Å². The molecule has 188 valence electrons. The predicted octanol–water partition coefficient (Wildman–Crippen LogP) is 11.1. The third kappa shape index (κ3) is 3.68. The zero-order chi connectivity index (χ0) is 26.5. The summed E-state index contributed by atoms with van der Waals surface area (Å²) in [5, 5.41) is 10.4. The van der Waals surface area contributed by atoms with Gasteiger partial charge >= 0.3 is 0 Å². The molecule has 0 heterocycles. The van der Waals surface area contributed by atoms with Gasteiger partial charge in [0.25, 0.3) is 0 Å². The Bertz CT molecular complexity index is 2080. The average molecular weight is 509 g/mol. The molecule has 0 saturated carbocycles. The van der Waals surface area contributed by atoms with Crippen molar-refractivity contribution in [1.82, 2.24) is 0 Å². The lowest BCUT2D eigenvalue weighted by Crippen LogP contribution is -2.00. The van der Waals surface area contributed by atoms with Gasteiger partial charge in [0, 0.05) is 5.92 Å². The molecule has 0 aliphatic heterocycles. The van der Waals surface area contributed by atoms with E-state index in [2.05, 4.69) is 152 Å². The molecular weight excluding hydrogens is 480 g/mol. The van der Waals surface area contributed by atoms with Gasteiger partial charge in [0.1, 0.15) is 0 Å². The van der Waals surface area contributed by atoms with Crippen molar-refractivity contribution in [2.24, 2.45) is 0 Å². The molecule has 1 aliphatic carbocycles. The van der Waals surface area contributed by atoms with Crippen molar-refractivity contribution in [3.63, 3.8) is 0 Å². The Hall–Kier alpha value is -4.94. The maximum Gasteiger partial charge on any atom is 0.00563 e. The van der Waals surface area contributed by atoms with Crippen LogP contribution >= 0.6 is 0 Å². The number of allylic oxidation sites excluding steroid dienone is 4. The largest absolute Gasteiger partial charge is 0.0761 e. The Kier molecular flexibility index (Phi) is 5.38. The van der Waals surface area contributed by atoms with E-state index in [1.807, 2.05) is 0 Å². The standard InChI is InChI=1S/C40H28/c1-2-12-31-26-32(25-22-27(31)10-1)28-20-23-30(24-21-28)39-35-15-5-7-17-37(35)40(38-18-8-6-16-36(38)39)34-19-9-13-29-11-3-4-14-33(29)34/h1-20,22-26,28H,21H2. The number of hydrogen-bond acceptors (Lipinski definition) is 0. The van der Waals surface area contributed by atoms with E-state index in [-0.39, 0.29) is 0 Å². The molecule has 7 aromatic rings. The second kappa shape index (κ2) is 9.36. The molecule has 1 unspecified atom stereocenters. The van der Waals surface area contributed by atoms with E-state index in [1.165, 1.54) is 70.9 Å². The number of hydrogen-bond donors (Lipinski definition) is 0. The molecule has 0 aromatic heterocycles. The quantitative estimate of drug-likeness (QED) is 0.208. The fourth-order valence-electron chi connectivity index (χ4n) is 6.66. The third-order valence-corrected chi connectivity index (χ3v) is 8.58. The lowest BCUT2D eigenvalue weighted by molar-refractivity contribution is 0.858. The number of fused-ring (bicyclic) bond motifs is 4. The fourth-order valence-corrected chi connectivity index (χ4v) is 6.66. The van der Waals surface area contributed by atoms with Crippen LogP contribution in [0.2, 0.25) is 0 Å². The molecule has 0 amide bonds. The minimum atomic E-state index is 0.390. The van der Waals surface area contributed by atoms with E-state index < -0.39 is 0 Å². The van der Waals surface area contributed by atoms with Crippen molar-refractivity contribution in [2.45, 2.75) is 12.3 Å². The zero-order valence-corrected chi connectivity index (χ0v) is 22.2. The Morgan fingerprint density at radius 3 is 1.70 bits per heavy atom. The number of rotatable bonds is 3. The van der Waals surface area contributed by atoms with Crippen LogP contribution in [0.15, 0.2) is 152 Å². The van der Waals surface area contributed by atoms with Gasteiger partial charge in [-0.15, -0.1) is 0 Å². The van der Waals surface area contributed by atoms with E-state index in [4.69, 9.17) is 0 Å². The topological polar surface area (TPSA) is 0 Å². The minimum absolute atomic E-state index is 0.390. The van der Waals surface area contributed by atoms with Crippen LogP contribution < -0.4 is 0 Å². The van der Waals surface area contributed by atoms with E-state index in [0.29, 0.717) is 5.92 Å². The highest BCUT2D eigenvalue weighted by Gasteiger charge is 2.20. The van der Waals surface area contributed by atoms with E-state index in [0.717, 1.165) is 6.42 Å². The van der Waals surface area contributed by atoms with Gasteiger partial charge < -0.3 is 0 Å². The summed E-state index contributed by atoms with van der Waals surface area (Å²) in [6.45, 7) is 0. The van der Waals surface area contributed by atoms with Crippen LogP contribution in [0.5, 0.6) is 0 Å². The Morgan fingerprint density at radius 1 is 0.450 bits per heavy atom. The molecule has 1 aliphatic rings. The van der Waals surface area contributed by atoms with Crippen molar-refractivity contribution in [1.29, 1.82) is 0 Å². The summed E-state index contributed by atoms with van der Waals surface area (Å²) >= 11 is 0. The highest BCUT2D eigenvalue weighted by molar-refractivity contribution is 6.21. The molecule has 0 bridgehead atoms. The van der Waals surface area contributed by atoms with Gasteiger partial charge in [0.15, 0.2) is 0 Å². The summed E-state index contributed by atoms with van der Waals surface area (Å²) in [5.41, 5.74) is 6.64. The SMILES string of the molecule is C1=CC(c2ccc3ccccc3c2)CC=C1c1c2ccccc2c(-c2cccc3ccccc23)c2ccccc12. The molecule has 0 heteroatoms. The maximum absolute atomic E-state index is 2.45. The van der Waals surface area contributed by atoms with Gasteiger partial charge in [-0.3, -0.25) is 0 Å². The first kappa shape index (κ1) is 23.0. The molecule has 0 saturated heterocycles. The molecule has 8 rings (SSSR count). The Labute approximate surface area is 234 Å². The molecule has 40 heavy (non-hydrogen) atoms. The van der Waals surface area contributed by atoms with Crippen molar-refractivity contribution >= 4 is 48.7 Å². The van der Waals surface area contributed by atoms with Crippen LogP contribution in [-0.4, -0.2) is 0 Å². The maximum atomic E-state index is 2.45. The first-order chi connectivity index (χ1) is 19.8. The lowest BCUT2D eigenvalue weighted by atomic mass is 9.82. The van der Waals surface area contributed by atoms with Crippen LogP contribution in [0.4, 0.5) is 0 Å². The smallest absolute Gasteiger partial charge is 0.00563 e. The summed E-state index contributed by atoms with van der Waals surface area (Å²) in [4.78, 5) is 0. The van der Waals surface area contributed by atoms with Gasteiger partial charge in [-0.05, 0) is 77.3 Å². The number of benzene rings is 7. The van der Waals surface area contributed by atoms with Crippen LogP contribution in [0.25, 0.3) is 59.8 Å². The summed E-state index contributed by atoms with van der Waals surface area (Å²) < 4.78 is 0. The summed E-state index contributed by atoms with van der Waals surface area (Å²) in [6.07, 6.45) is 8.21. The van der Waals surface area contributed by atoms with Gasteiger partial charge in [-0.25, -0.2) is 0 Å². The van der Waals surface area contributed by atoms with Crippen LogP contribution in [-0.2, 0) is 0 Å². The van der Waals surface area contributed by atoms with E-state index >= 15 is 0 Å². The van der Waals surface area contributed by atoms with Gasteiger partial charge in [0.05, 0.1) is 0 Å². The lowest BCUT2D eigenvalue weighted by Gasteiger charge is -2.22. The molecule has 0 N–H and O–H groups in total. The summed E-state index contributed by atoms with van der Waals surface area (Å²) in [5.74, 6) is 0.390. The fraction of sp³-hybridized carbons (Fsp3) is 0.0500. The molecule has 0 nitrogen and oxygen atoms in total. The minimum Gasteiger partial charge on any atom is -0.0761 e. The van der Waals surface area contributed by atoms with Crippen LogP contribution in [0.3, 0.4) is 0 Å². The van der Waals surface area contributed by atoms with Crippen LogP contribution in [0.1, 0.15) is 23.5 Å². The average Bonchev–Trinajstić information content (AvgIpc) is 3.03. The predicted molar refractivity (Wildman–Crippen MR) is 173 cm³/mol. The second-order valence-electron chi connectivity index (χ2n) is 10.8. The van der Waals surface area contributed by atoms with Crippen molar-refractivity contribution in [3.8, 4) is 11.1 Å². The van der Waals surface area contributed by atoms with Gasteiger partial charge in [-0.2, -0.15) is 0 Å². The first-order valence-electron chi connectivity index (χ1n) is 14.1. The van der Waals surface area contributed by atoms with Crippen molar-refractivity contribution in [3.05, 3.63) is 163 Å². The van der Waals surface area contributed by atoms with Crippen molar-refractivity contribution in [2.75, 3.05) is 0 Å².